The lowest BCUT2D eigenvalue weighted by Crippen LogP contribution is -2.15. The van der Waals surface area contributed by atoms with Gasteiger partial charge in [0.25, 0.3) is 0 Å². The highest BCUT2D eigenvalue weighted by molar-refractivity contribution is 8.03. The monoisotopic (exact) mass is 391 g/mol. The van der Waals surface area contributed by atoms with Crippen molar-refractivity contribution in [2.45, 2.75) is 28.6 Å². The van der Waals surface area contributed by atoms with Gasteiger partial charge in [-0.2, -0.15) is 8.78 Å². The third kappa shape index (κ3) is 6.25. The summed E-state index contributed by atoms with van der Waals surface area (Å²) in [6, 6.07) is 6.06. The third-order valence-corrected chi connectivity index (χ3v) is 5.92. The zero-order chi connectivity index (χ0) is 17.4. The Kier molecular flexibility index (Phi) is 7.73. The van der Waals surface area contributed by atoms with Crippen LogP contribution in [-0.4, -0.2) is 34.2 Å². The van der Waals surface area contributed by atoms with Gasteiger partial charge in [-0.05, 0) is 18.6 Å². The standard InChI is InChI=1S/C14H15F2N3O2S3/c1-2-7-22-13-18-19-14(24-13)23-8-11(20)17-9-5-3-4-6-10(9)21-12(15)16/h3-6,12H,2,7-8H2,1H3,(H,17,20). The van der Waals surface area contributed by atoms with E-state index < -0.39 is 6.61 Å². The van der Waals surface area contributed by atoms with Crippen LogP contribution in [0.1, 0.15) is 13.3 Å². The molecule has 0 unspecified atom stereocenters. The largest absolute Gasteiger partial charge is 0.433 e. The van der Waals surface area contributed by atoms with Gasteiger partial charge < -0.3 is 10.1 Å². The minimum Gasteiger partial charge on any atom is -0.433 e. The summed E-state index contributed by atoms with van der Waals surface area (Å²) in [5.41, 5.74) is 0.208. The Balaban J connectivity index is 1.86. The van der Waals surface area contributed by atoms with Crippen LogP contribution in [0.3, 0.4) is 0 Å². The molecule has 1 N–H and O–H groups in total. The fourth-order valence-electron chi connectivity index (χ4n) is 1.59. The van der Waals surface area contributed by atoms with E-state index in [0.717, 1.165) is 16.5 Å². The molecule has 5 nitrogen and oxygen atoms in total. The molecule has 0 saturated carbocycles. The number of alkyl halides is 2. The van der Waals surface area contributed by atoms with E-state index in [9.17, 15) is 13.6 Å². The number of nitrogens with one attached hydrogen (secondary N) is 1. The number of carbonyl (C=O) groups is 1. The molecule has 1 aromatic heterocycles. The molecule has 1 heterocycles. The number of halogens is 2. The smallest absolute Gasteiger partial charge is 0.387 e. The number of amides is 1. The Morgan fingerprint density at radius 1 is 1.29 bits per heavy atom. The molecule has 24 heavy (non-hydrogen) atoms. The molecule has 1 amide bonds. The molecule has 0 spiro atoms. The lowest BCUT2D eigenvalue weighted by atomic mass is 10.3. The van der Waals surface area contributed by atoms with E-state index in [0.29, 0.717) is 4.34 Å². The van der Waals surface area contributed by atoms with Gasteiger partial charge in [0.2, 0.25) is 5.91 Å². The molecule has 0 fully saturated rings. The molecule has 0 radical (unpaired) electrons. The Labute approximate surface area is 150 Å². The summed E-state index contributed by atoms with van der Waals surface area (Å²) in [5, 5.41) is 10.6. The average molecular weight is 391 g/mol. The first-order valence-corrected chi connectivity index (χ1v) is 9.80. The van der Waals surface area contributed by atoms with Crippen LogP contribution in [0.25, 0.3) is 0 Å². The second kappa shape index (κ2) is 9.80. The number of aromatic nitrogens is 2. The molecule has 1 aromatic carbocycles. The van der Waals surface area contributed by atoms with E-state index in [1.807, 2.05) is 0 Å². The molecule has 0 saturated heterocycles. The van der Waals surface area contributed by atoms with Gasteiger partial charge >= 0.3 is 6.61 Å². The quantitative estimate of drug-likeness (QED) is 0.640. The third-order valence-electron chi connectivity index (χ3n) is 2.52. The Bertz CT molecular complexity index is 670. The van der Waals surface area contributed by atoms with Gasteiger partial charge in [-0.3, -0.25) is 4.79 Å². The summed E-state index contributed by atoms with van der Waals surface area (Å²) >= 11 is 4.31. The molecular weight excluding hydrogens is 376 g/mol. The van der Waals surface area contributed by atoms with Gasteiger partial charge in [-0.25, -0.2) is 0 Å². The van der Waals surface area contributed by atoms with Crippen molar-refractivity contribution in [2.24, 2.45) is 0 Å². The molecule has 0 atom stereocenters. The second-order valence-electron chi connectivity index (χ2n) is 4.39. The fraction of sp³-hybridized carbons (Fsp3) is 0.357. The summed E-state index contributed by atoms with van der Waals surface area (Å²) in [4.78, 5) is 12.0. The highest BCUT2D eigenvalue weighted by Gasteiger charge is 2.13. The Morgan fingerprint density at radius 2 is 2.00 bits per heavy atom. The molecule has 0 aliphatic carbocycles. The van der Waals surface area contributed by atoms with Crippen molar-refractivity contribution in [3.8, 4) is 5.75 Å². The van der Waals surface area contributed by atoms with Crippen molar-refractivity contribution < 1.29 is 18.3 Å². The molecule has 0 aliphatic heterocycles. The summed E-state index contributed by atoms with van der Waals surface area (Å²) in [7, 11) is 0. The maximum atomic E-state index is 12.3. The minimum absolute atomic E-state index is 0.0694. The number of anilines is 1. The number of ether oxygens (including phenoxy) is 1. The van der Waals surface area contributed by atoms with Crippen molar-refractivity contribution in [3.63, 3.8) is 0 Å². The molecule has 130 valence electrons. The molecule has 0 aliphatic rings. The highest BCUT2D eigenvalue weighted by atomic mass is 32.2. The number of nitrogens with zero attached hydrogens (tertiary/aromatic N) is 2. The lowest BCUT2D eigenvalue weighted by molar-refractivity contribution is -0.113. The summed E-state index contributed by atoms with van der Waals surface area (Å²) < 4.78 is 30.6. The number of carbonyl (C=O) groups excluding carboxylic acids is 1. The van der Waals surface area contributed by atoms with Crippen LogP contribution in [0.4, 0.5) is 14.5 Å². The van der Waals surface area contributed by atoms with Crippen LogP contribution >= 0.6 is 34.9 Å². The van der Waals surface area contributed by atoms with Gasteiger partial charge in [-0.15, -0.1) is 10.2 Å². The van der Waals surface area contributed by atoms with Crippen molar-refractivity contribution in [1.29, 1.82) is 0 Å². The normalized spacial score (nSPS) is 10.8. The van der Waals surface area contributed by atoms with Crippen LogP contribution in [0.5, 0.6) is 5.75 Å². The zero-order valence-electron chi connectivity index (χ0n) is 12.7. The highest BCUT2D eigenvalue weighted by Crippen LogP contribution is 2.30. The topological polar surface area (TPSA) is 64.1 Å². The van der Waals surface area contributed by atoms with E-state index in [-0.39, 0.29) is 23.1 Å². The van der Waals surface area contributed by atoms with Crippen LogP contribution < -0.4 is 10.1 Å². The van der Waals surface area contributed by atoms with Crippen LogP contribution in [0.15, 0.2) is 32.9 Å². The average Bonchev–Trinajstić information content (AvgIpc) is 3.00. The molecule has 10 heteroatoms. The first-order chi connectivity index (χ1) is 11.6. The number of para-hydroxylation sites is 2. The molecule has 0 bridgehead atoms. The molecular formula is C14H15F2N3O2S3. The fourth-order valence-corrected chi connectivity index (χ4v) is 4.33. The maximum Gasteiger partial charge on any atom is 0.387 e. The van der Waals surface area contributed by atoms with E-state index in [4.69, 9.17) is 0 Å². The Hall–Kier alpha value is -1.39. The Morgan fingerprint density at radius 3 is 2.71 bits per heavy atom. The summed E-state index contributed by atoms with van der Waals surface area (Å²) in [6.07, 6.45) is 1.05. The number of hydrogen-bond donors (Lipinski definition) is 1. The van der Waals surface area contributed by atoms with Crippen molar-refractivity contribution in [3.05, 3.63) is 24.3 Å². The second-order valence-corrected chi connectivity index (χ2v) is 7.94. The number of rotatable bonds is 9. The molecule has 2 aromatic rings. The van der Waals surface area contributed by atoms with Gasteiger partial charge in [0, 0.05) is 5.75 Å². The van der Waals surface area contributed by atoms with Crippen molar-refractivity contribution >= 4 is 46.5 Å². The van der Waals surface area contributed by atoms with Gasteiger partial charge in [0.05, 0.1) is 11.4 Å². The minimum atomic E-state index is -2.95. The SMILES string of the molecule is CCCSc1nnc(SCC(=O)Nc2ccccc2OC(F)F)s1. The maximum absolute atomic E-state index is 12.3. The van der Waals surface area contributed by atoms with Gasteiger partial charge in [0.15, 0.2) is 8.68 Å². The predicted octanol–water partition coefficient (Wildman–Crippen LogP) is 4.37. The zero-order valence-corrected chi connectivity index (χ0v) is 15.1. The summed E-state index contributed by atoms with van der Waals surface area (Å²) in [5.74, 6) is 0.680. The van der Waals surface area contributed by atoms with Gasteiger partial charge in [-0.1, -0.05) is 53.9 Å². The molecule has 2 rings (SSSR count). The van der Waals surface area contributed by atoms with E-state index in [1.165, 1.54) is 35.2 Å². The first-order valence-electron chi connectivity index (χ1n) is 7.01. The van der Waals surface area contributed by atoms with Crippen LogP contribution in [-0.2, 0) is 4.79 Å². The number of thioether (sulfide) groups is 2. The predicted molar refractivity (Wildman–Crippen MR) is 93.4 cm³/mol. The van der Waals surface area contributed by atoms with E-state index in [1.54, 1.807) is 23.9 Å². The van der Waals surface area contributed by atoms with Crippen LogP contribution in [0.2, 0.25) is 0 Å². The van der Waals surface area contributed by atoms with Crippen LogP contribution in [0, 0.1) is 0 Å². The summed E-state index contributed by atoms with van der Waals surface area (Å²) in [6.45, 7) is -0.859. The first kappa shape index (κ1) is 18.9. The lowest BCUT2D eigenvalue weighted by Gasteiger charge is -2.11. The van der Waals surface area contributed by atoms with Gasteiger partial charge in [0.1, 0.15) is 5.75 Å². The number of hydrogen-bond acceptors (Lipinski definition) is 7. The number of benzene rings is 1. The van der Waals surface area contributed by atoms with E-state index >= 15 is 0 Å². The van der Waals surface area contributed by atoms with E-state index in [2.05, 4.69) is 27.2 Å². The van der Waals surface area contributed by atoms with Crippen molar-refractivity contribution in [2.75, 3.05) is 16.8 Å². The van der Waals surface area contributed by atoms with Crippen molar-refractivity contribution in [1.82, 2.24) is 10.2 Å².